The van der Waals surface area contributed by atoms with E-state index in [1.807, 2.05) is 34.9 Å². The SMILES string of the molecule is O=c1c2ccc(Cl)cc2nc(CCC2CCCCN2)n1Cc1ccccc1. The number of hydrogen-bond acceptors (Lipinski definition) is 3. The molecule has 1 fully saturated rings. The highest BCUT2D eigenvalue weighted by Crippen LogP contribution is 2.18. The molecule has 0 saturated carbocycles. The quantitative estimate of drug-likeness (QED) is 0.721. The third kappa shape index (κ3) is 4.23. The van der Waals surface area contributed by atoms with Gasteiger partial charge in [0.05, 0.1) is 17.4 Å². The van der Waals surface area contributed by atoms with Crippen LogP contribution in [-0.4, -0.2) is 22.1 Å². The number of hydrogen-bond donors (Lipinski definition) is 1. The minimum Gasteiger partial charge on any atom is -0.314 e. The molecule has 0 spiro atoms. The van der Waals surface area contributed by atoms with Crippen molar-refractivity contribution < 1.29 is 0 Å². The first-order chi connectivity index (χ1) is 13.2. The van der Waals surface area contributed by atoms with Crippen molar-refractivity contribution in [1.82, 2.24) is 14.9 Å². The first kappa shape index (κ1) is 18.2. The highest BCUT2D eigenvalue weighted by atomic mass is 35.5. The highest BCUT2D eigenvalue weighted by molar-refractivity contribution is 6.31. The van der Waals surface area contributed by atoms with Gasteiger partial charge in [0.2, 0.25) is 0 Å². The van der Waals surface area contributed by atoms with Crippen LogP contribution in [0.15, 0.2) is 53.3 Å². The molecule has 1 aliphatic rings. The van der Waals surface area contributed by atoms with E-state index in [2.05, 4.69) is 5.32 Å². The molecule has 5 heteroatoms. The van der Waals surface area contributed by atoms with Crippen LogP contribution in [0.4, 0.5) is 0 Å². The lowest BCUT2D eigenvalue weighted by Gasteiger charge is -2.23. The van der Waals surface area contributed by atoms with Crippen LogP contribution in [0.2, 0.25) is 5.02 Å². The molecule has 1 saturated heterocycles. The molecule has 0 radical (unpaired) electrons. The Hall–Kier alpha value is -2.17. The van der Waals surface area contributed by atoms with Crippen LogP contribution in [0, 0.1) is 0 Å². The molecule has 4 nitrogen and oxygen atoms in total. The third-order valence-corrected chi connectivity index (χ3v) is 5.54. The molecule has 2 aromatic carbocycles. The number of rotatable bonds is 5. The molecule has 140 valence electrons. The summed E-state index contributed by atoms with van der Waals surface area (Å²) in [4.78, 5) is 18.0. The Morgan fingerprint density at radius 1 is 1.15 bits per heavy atom. The average molecular weight is 382 g/mol. The van der Waals surface area contributed by atoms with Crippen molar-refractivity contribution in [2.75, 3.05) is 6.54 Å². The zero-order valence-electron chi connectivity index (χ0n) is 15.3. The average Bonchev–Trinajstić information content (AvgIpc) is 2.70. The van der Waals surface area contributed by atoms with E-state index in [1.54, 1.807) is 18.2 Å². The molecule has 0 bridgehead atoms. The summed E-state index contributed by atoms with van der Waals surface area (Å²) in [5, 5.41) is 4.81. The summed E-state index contributed by atoms with van der Waals surface area (Å²) >= 11 is 6.13. The summed E-state index contributed by atoms with van der Waals surface area (Å²) in [6.07, 6.45) is 5.50. The maximum absolute atomic E-state index is 13.2. The van der Waals surface area contributed by atoms with Gasteiger partial charge in [-0.25, -0.2) is 4.98 Å². The van der Waals surface area contributed by atoms with Gasteiger partial charge in [0.25, 0.3) is 5.56 Å². The topological polar surface area (TPSA) is 46.9 Å². The molecular formula is C22H24ClN3O. The van der Waals surface area contributed by atoms with Gasteiger partial charge in [0.1, 0.15) is 5.82 Å². The monoisotopic (exact) mass is 381 g/mol. The van der Waals surface area contributed by atoms with Gasteiger partial charge in [0.15, 0.2) is 0 Å². The van der Waals surface area contributed by atoms with Gasteiger partial charge in [-0.15, -0.1) is 0 Å². The van der Waals surface area contributed by atoms with E-state index in [-0.39, 0.29) is 5.56 Å². The maximum atomic E-state index is 13.2. The van der Waals surface area contributed by atoms with Crippen molar-refractivity contribution in [2.45, 2.75) is 44.7 Å². The fourth-order valence-corrected chi connectivity index (χ4v) is 4.00. The van der Waals surface area contributed by atoms with E-state index in [0.29, 0.717) is 28.5 Å². The van der Waals surface area contributed by atoms with Crippen molar-refractivity contribution in [2.24, 2.45) is 0 Å². The Morgan fingerprint density at radius 2 is 2.00 bits per heavy atom. The van der Waals surface area contributed by atoms with Gasteiger partial charge in [-0.1, -0.05) is 48.4 Å². The highest BCUT2D eigenvalue weighted by Gasteiger charge is 2.16. The van der Waals surface area contributed by atoms with Gasteiger partial charge < -0.3 is 5.32 Å². The van der Waals surface area contributed by atoms with E-state index < -0.39 is 0 Å². The number of aryl methyl sites for hydroxylation is 1. The molecule has 1 N–H and O–H groups in total. The fourth-order valence-electron chi connectivity index (χ4n) is 3.83. The molecule has 27 heavy (non-hydrogen) atoms. The molecule has 1 unspecified atom stereocenters. The van der Waals surface area contributed by atoms with Gasteiger partial charge >= 0.3 is 0 Å². The van der Waals surface area contributed by atoms with E-state index in [1.165, 1.54) is 19.3 Å². The van der Waals surface area contributed by atoms with Gasteiger partial charge in [-0.3, -0.25) is 9.36 Å². The Bertz CT molecular complexity index is 978. The van der Waals surface area contributed by atoms with Crippen LogP contribution in [0.3, 0.4) is 0 Å². The summed E-state index contributed by atoms with van der Waals surface area (Å²) in [6.45, 7) is 1.63. The minimum absolute atomic E-state index is 0.00660. The van der Waals surface area contributed by atoms with Crippen molar-refractivity contribution in [3.05, 3.63) is 75.3 Å². The summed E-state index contributed by atoms with van der Waals surface area (Å²) in [5.41, 5.74) is 1.79. The number of nitrogens with one attached hydrogen (secondary N) is 1. The van der Waals surface area contributed by atoms with Crippen LogP contribution in [0.1, 0.15) is 37.1 Å². The van der Waals surface area contributed by atoms with Crippen molar-refractivity contribution in [3.8, 4) is 0 Å². The molecule has 1 atom stereocenters. The van der Waals surface area contributed by atoms with Crippen molar-refractivity contribution in [1.29, 1.82) is 0 Å². The molecule has 0 aliphatic carbocycles. The predicted molar refractivity (Wildman–Crippen MR) is 111 cm³/mol. The molecule has 2 heterocycles. The van der Waals surface area contributed by atoms with Crippen LogP contribution in [0.25, 0.3) is 10.9 Å². The second-order valence-electron chi connectivity index (χ2n) is 7.25. The molecule has 3 aromatic rings. The summed E-state index contributed by atoms with van der Waals surface area (Å²) < 4.78 is 1.83. The standard InChI is InChI=1S/C22H24ClN3O/c23-17-9-11-19-20(14-17)25-21(12-10-18-8-4-5-13-24-18)26(22(19)27)15-16-6-2-1-3-7-16/h1-3,6-7,9,11,14,18,24H,4-5,8,10,12-13,15H2. The Balaban J connectivity index is 1.71. The normalized spacial score (nSPS) is 17.3. The van der Waals surface area contributed by atoms with E-state index in [0.717, 1.165) is 30.8 Å². The Morgan fingerprint density at radius 3 is 2.78 bits per heavy atom. The summed E-state index contributed by atoms with van der Waals surface area (Å²) in [7, 11) is 0. The number of halogens is 1. The molecule has 1 aliphatic heterocycles. The fraction of sp³-hybridized carbons (Fsp3) is 0.364. The van der Waals surface area contributed by atoms with Crippen LogP contribution in [-0.2, 0) is 13.0 Å². The number of fused-ring (bicyclic) bond motifs is 1. The lowest BCUT2D eigenvalue weighted by atomic mass is 10.0. The van der Waals surface area contributed by atoms with Gasteiger partial charge in [-0.05, 0) is 49.6 Å². The third-order valence-electron chi connectivity index (χ3n) is 5.31. The summed E-state index contributed by atoms with van der Waals surface area (Å²) in [5.74, 6) is 0.839. The lowest BCUT2D eigenvalue weighted by Crippen LogP contribution is -2.35. The summed E-state index contributed by atoms with van der Waals surface area (Å²) in [6, 6.07) is 15.9. The number of aromatic nitrogens is 2. The molecule has 0 amide bonds. The Labute approximate surface area is 164 Å². The smallest absolute Gasteiger partial charge is 0.261 e. The van der Waals surface area contributed by atoms with Gasteiger partial charge in [0, 0.05) is 17.5 Å². The van der Waals surface area contributed by atoms with E-state index in [9.17, 15) is 4.79 Å². The molecular weight excluding hydrogens is 358 g/mol. The predicted octanol–water partition coefficient (Wildman–Crippen LogP) is 4.17. The minimum atomic E-state index is 0.00660. The van der Waals surface area contributed by atoms with Crippen LogP contribution in [0.5, 0.6) is 0 Å². The largest absolute Gasteiger partial charge is 0.314 e. The van der Waals surface area contributed by atoms with Crippen molar-refractivity contribution >= 4 is 22.5 Å². The molecule has 4 rings (SSSR count). The zero-order valence-corrected chi connectivity index (χ0v) is 16.1. The van der Waals surface area contributed by atoms with E-state index in [4.69, 9.17) is 16.6 Å². The van der Waals surface area contributed by atoms with Crippen LogP contribution < -0.4 is 10.9 Å². The van der Waals surface area contributed by atoms with E-state index >= 15 is 0 Å². The van der Waals surface area contributed by atoms with Gasteiger partial charge in [-0.2, -0.15) is 0 Å². The lowest BCUT2D eigenvalue weighted by molar-refractivity contribution is 0.378. The number of piperidine rings is 1. The molecule has 1 aromatic heterocycles. The Kier molecular flexibility index (Phi) is 5.55. The van der Waals surface area contributed by atoms with Crippen molar-refractivity contribution in [3.63, 3.8) is 0 Å². The number of benzene rings is 2. The maximum Gasteiger partial charge on any atom is 0.261 e. The second kappa shape index (κ2) is 8.24. The first-order valence-electron chi connectivity index (χ1n) is 9.67. The first-order valence-corrected chi connectivity index (χ1v) is 10.0. The second-order valence-corrected chi connectivity index (χ2v) is 7.69. The van der Waals surface area contributed by atoms with Crippen LogP contribution >= 0.6 is 11.6 Å². The zero-order chi connectivity index (χ0) is 18.6. The number of nitrogens with zero attached hydrogens (tertiary/aromatic N) is 2.